The molecule has 1 atom stereocenters. The van der Waals surface area contributed by atoms with Crippen LogP contribution in [0.25, 0.3) is 21.9 Å². The topological polar surface area (TPSA) is 110 Å². The Kier molecular flexibility index (Phi) is 10.2. The second kappa shape index (κ2) is 14.6. The molecule has 2 aliphatic rings. The van der Waals surface area contributed by atoms with Crippen LogP contribution in [0.15, 0.2) is 71.4 Å². The van der Waals surface area contributed by atoms with E-state index in [1.54, 1.807) is 44.3 Å². The van der Waals surface area contributed by atoms with Gasteiger partial charge in [0.2, 0.25) is 0 Å². The molecule has 1 amide bonds. The number of likely N-dealkylation sites (tertiary alicyclic amines) is 1. The molecule has 2 aromatic carbocycles. The van der Waals surface area contributed by atoms with Crippen LogP contribution in [0, 0.1) is 16.7 Å². The predicted molar refractivity (Wildman–Crippen MR) is 198 cm³/mol. The number of pyridine rings is 2. The number of methoxy groups -OCH3 is 2. The van der Waals surface area contributed by atoms with Crippen molar-refractivity contribution in [3.8, 4) is 34.4 Å². The quantitative estimate of drug-likeness (QED) is 0.150. The average molecular weight is 690 g/mol. The van der Waals surface area contributed by atoms with Gasteiger partial charge in [-0.25, -0.2) is 0 Å². The number of ether oxygens (including phenoxy) is 3. The van der Waals surface area contributed by atoms with Crippen LogP contribution in [0.3, 0.4) is 0 Å². The van der Waals surface area contributed by atoms with E-state index in [-0.39, 0.29) is 34.6 Å². The summed E-state index contributed by atoms with van der Waals surface area (Å²) in [7, 11) is 5.09. The van der Waals surface area contributed by atoms with E-state index in [0.29, 0.717) is 24.9 Å². The van der Waals surface area contributed by atoms with Crippen LogP contribution in [-0.2, 0) is 24.8 Å². The highest BCUT2D eigenvalue weighted by Crippen LogP contribution is 2.39. The minimum atomic E-state index is -0.267. The summed E-state index contributed by atoms with van der Waals surface area (Å²) < 4.78 is 20.1. The number of rotatable bonds is 8. The molecule has 10 nitrogen and oxygen atoms in total. The summed E-state index contributed by atoms with van der Waals surface area (Å²) in [6.07, 6.45) is 9.41. The van der Waals surface area contributed by atoms with Crippen LogP contribution in [-0.4, -0.2) is 65.2 Å². The number of aromatic nitrogens is 2. The zero-order chi connectivity index (χ0) is 36.4. The van der Waals surface area contributed by atoms with E-state index in [1.807, 2.05) is 69.1 Å². The third-order valence-corrected chi connectivity index (χ3v) is 9.99. The smallest absolute Gasteiger partial charge is 0.264 e. The molecule has 1 saturated heterocycles. The molecular weight excluding hydrogens is 642 g/mol. The average Bonchev–Trinajstić information content (AvgIpc) is 3.12. The SMILES string of the molecule is COc1cc(-c2cn(C)c(=O)c3cnccc23)cc(OC)c1CN1CCC(Oc2cccc3c2CCN(C(=O)/C(C#N)=C\C(C)(C)C)C3C)CC1. The van der Waals surface area contributed by atoms with E-state index in [4.69, 9.17) is 14.2 Å². The van der Waals surface area contributed by atoms with Crippen molar-refractivity contribution in [1.29, 1.82) is 5.26 Å². The predicted octanol–water partition coefficient (Wildman–Crippen LogP) is 6.60. The molecule has 1 unspecified atom stereocenters. The van der Waals surface area contributed by atoms with Crippen LogP contribution in [0.5, 0.6) is 17.2 Å². The normalized spacial score (nSPS) is 17.2. The van der Waals surface area contributed by atoms with Gasteiger partial charge in [-0.15, -0.1) is 0 Å². The van der Waals surface area contributed by atoms with E-state index < -0.39 is 0 Å². The van der Waals surface area contributed by atoms with Gasteiger partial charge in [0.1, 0.15) is 35.0 Å². The molecule has 0 N–H and O–H groups in total. The van der Waals surface area contributed by atoms with Crippen LogP contribution < -0.4 is 19.8 Å². The largest absolute Gasteiger partial charge is 0.496 e. The fourth-order valence-electron chi connectivity index (χ4n) is 7.38. The minimum absolute atomic E-state index is 0.0706. The molecule has 0 radical (unpaired) electrons. The second-order valence-corrected chi connectivity index (χ2v) is 14.6. The first-order chi connectivity index (χ1) is 24.4. The number of aryl methyl sites for hydroxylation is 1. The number of carbonyl (C=O) groups is 1. The van der Waals surface area contributed by atoms with Crippen molar-refractivity contribution in [3.05, 3.63) is 93.7 Å². The van der Waals surface area contributed by atoms with Gasteiger partial charge in [-0.2, -0.15) is 5.26 Å². The number of hydrogen-bond acceptors (Lipinski definition) is 8. The number of nitrogens with zero attached hydrogens (tertiary/aromatic N) is 5. The highest BCUT2D eigenvalue weighted by Gasteiger charge is 2.32. The lowest BCUT2D eigenvalue weighted by molar-refractivity contribution is -0.129. The van der Waals surface area contributed by atoms with Crippen LogP contribution in [0.4, 0.5) is 0 Å². The number of benzene rings is 2. The van der Waals surface area contributed by atoms with Gasteiger partial charge in [-0.05, 0) is 72.4 Å². The molecular formula is C41H47N5O5. The summed E-state index contributed by atoms with van der Waals surface area (Å²) in [5.41, 5.74) is 4.82. The molecule has 4 heterocycles. The van der Waals surface area contributed by atoms with Gasteiger partial charge in [0, 0.05) is 62.9 Å². The Labute approximate surface area is 299 Å². The van der Waals surface area contributed by atoms with E-state index >= 15 is 0 Å². The maximum Gasteiger partial charge on any atom is 0.264 e. The van der Waals surface area contributed by atoms with Crippen molar-refractivity contribution >= 4 is 16.7 Å². The van der Waals surface area contributed by atoms with Crippen molar-refractivity contribution in [2.24, 2.45) is 12.5 Å². The van der Waals surface area contributed by atoms with Gasteiger partial charge in [0.15, 0.2) is 0 Å². The Bertz CT molecular complexity index is 2060. The summed E-state index contributed by atoms with van der Waals surface area (Å²) in [6, 6.07) is 14.0. The Balaban J connectivity index is 1.15. The molecule has 0 bridgehead atoms. The Hall–Kier alpha value is -5.14. The molecule has 266 valence electrons. The van der Waals surface area contributed by atoms with E-state index in [1.165, 1.54) is 0 Å². The first-order valence-corrected chi connectivity index (χ1v) is 17.6. The van der Waals surface area contributed by atoms with Crippen molar-refractivity contribution in [1.82, 2.24) is 19.4 Å². The van der Waals surface area contributed by atoms with Crippen LogP contribution in [0.1, 0.15) is 63.3 Å². The molecule has 6 rings (SSSR count). The Morgan fingerprint density at radius 1 is 1.04 bits per heavy atom. The molecule has 2 aliphatic heterocycles. The maximum absolute atomic E-state index is 13.4. The van der Waals surface area contributed by atoms with Gasteiger partial charge in [-0.1, -0.05) is 39.0 Å². The third kappa shape index (κ3) is 7.35. The molecule has 51 heavy (non-hydrogen) atoms. The second-order valence-electron chi connectivity index (χ2n) is 14.6. The lowest BCUT2D eigenvalue weighted by Gasteiger charge is -2.37. The van der Waals surface area contributed by atoms with Crippen molar-refractivity contribution in [2.75, 3.05) is 33.9 Å². The summed E-state index contributed by atoms with van der Waals surface area (Å²) in [5.74, 6) is 2.13. The number of allylic oxidation sites excluding steroid dienone is 1. The zero-order valence-corrected chi connectivity index (χ0v) is 30.7. The monoisotopic (exact) mass is 689 g/mol. The number of carbonyl (C=O) groups excluding carboxylic acids is 1. The van der Waals surface area contributed by atoms with Crippen LogP contribution in [0.2, 0.25) is 0 Å². The highest BCUT2D eigenvalue weighted by atomic mass is 16.5. The van der Waals surface area contributed by atoms with Gasteiger partial charge in [-0.3, -0.25) is 19.5 Å². The summed E-state index contributed by atoms with van der Waals surface area (Å²) in [4.78, 5) is 34.5. The first kappa shape index (κ1) is 35.7. The number of hydrogen-bond donors (Lipinski definition) is 0. The molecule has 0 saturated carbocycles. The third-order valence-electron chi connectivity index (χ3n) is 9.99. The fourth-order valence-corrected chi connectivity index (χ4v) is 7.38. The van der Waals surface area contributed by atoms with Crippen molar-refractivity contribution in [3.63, 3.8) is 0 Å². The van der Waals surface area contributed by atoms with E-state index in [2.05, 4.69) is 22.0 Å². The van der Waals surface area contributed by atoms with Gasteiger partial charge in [0.25, 0.3) is 11.5 Å². The summed E-state index contributed by atoms with van der Waals surface area (Å²) in [5, 5.41) is 11.1. The molecule has 2 aromatic heterocycles. The molecule has 1 fully saturated rings. The van der Waals surface area contributed by atoms with E-state index in [9.17, 15) is 14.9 Å². The first-order valence-electron chi connectivity index (χ1n) is 17.6. The highest BCUT2D eigenvalue weighted by molar-refractivity contribution is 5.98. The maximum atomic E-state index is 13.4. The number of amides is 1. The van der Waals surface area contributed by atoms with E-state index in [0.717, 1.165) is 76.4 Å². The minimum Gasteiger partial charge on any atom is -0.496 e. The standard InChI is InChI=1S/C41H47N5O5/c1-26-30-9-8-10-36(32(30)14-18-46(26)39(47)28(22-42)21-41(2,3)4)51-29-12-16-45(17-13-29)25-35-37(49-6)19-27(20-38(35)50-7)34-24-44(5)40(48)33-23-43-15-11-31(33)34/h8-11,15,19-21,23-24,26,29H,12-14,16-18,25H2,1-7H3/b28-21-. The molecule has 10 heteroatoms. The van der Waals surface area contributed by atoms with Gasteiger partial charge >= 0.3 is 0 Å². The van der Waals surface area contributed by atoms with Crippen molar-refractivity contribution < 1.29 is 19.0 Å². The molecule has 0 spiro atoms. The van der Waals surface area contributed by atoms with Gasteiger partial charge < -0.3 is 23.7 Å². The lowest BCUT2D eigenvalue weighted by atomic mass is 9.90. The molecule has 4 aromatic rings. The fraction of sp³-hybridized carbons (Fsp3) is 0.415. The lowest BCUT2D eigenvalue weighted by Crippen LogP contribution is -2.40. The number of fused-ring (bicyclic) bond motifs is 2. The zero-order valence-electron chi connectivity index (χ0n) is 30.7. The molecule has 0 aliphatic carbocycles. The van der Waals surface area contributed by atoms with Crippen LogP contribution >= 0.6 is 0 Å². The Morgan fingerprint density at radius 2 is 1.75 bits per heavy atom. The number of piperidine rings is 1. The summed E-state index contributed by atoms with van der Waals surface area (Å²) >= 11 is 0. The number of nitriles is 1. The Morgan fingerprint density at radius 3 is 2.39 bits per heavy atom. The summed E-state index contributed by atoms with van der Waals surface area (Å²) in [6.45, 7) is 10.9. The van der Waals surface area contributed by atoms with Gasteiger partial charge in [0.05, 0.1) is 31.2 Å². The van der Waals surface area contributed by atoms with Crippen molar-refractivity contribution in [2.45, 2.75) is 65.6 Å².